The summed E-state index contributed by atoms with van der Waals surface area (Å²) in [5.74, 6) is -0.660. The van der Waals surface area contributed by atoms with E-state index < -0.39 is 5.97 Å². The zero-order valence-corrected chi connectivity index (χ0v) is 14.1. The lowest BCUT2D eigenvalue weighted by Gasteiger charge is -2.15. The number of nitrogens with one attached hydrogen (secondary N) is 1. The van der Waals surface area contributed by atoms with Gasteiger partial charge in [0.25, 0.3) is 0 Å². The highest BCUT2D eigenvalue weighted by Crippen LogP contribution is 2.23. The molecule has 0 spiro atoms. The van der Waals surface area contributed by atoms with E-state index in [0.29, 0.717) is 19.0 Å². The summed E-state index contributed by atoms with van der Waals surface area (Å²) in [6, 6.07) is 7.93. The molecule has 1 amide bonds. The molecule has 0 bridgehead atoms. The van der Waals surface area contributed by atoms with Gasteiger partial charge in [-0.05, 0) is 36.0 Å². The third-order valence-electron chi connectivity index (χ3n) is 4.75. The van der Waals surface area contributed by atoms with E-state index in [1.54, 1.807) is 0 Å². The molecule has 0 saturated carbocycles. The van der Waals surface area contributed by atoms with Crippen molar-refractivity contribution in [2.75, 3.05) is 25.0 Å². The van der Waals surface area contributed by atoms with Crippen LogP contribution in [0.1, 0.15) is 38.7 Å². The minimum absolute atomic E-state index is 0.0788. The molecule has 1 aliphatic rings. The topological polar surface area (TPSA) is 69.6 Å². The van der Waals surface area contributed by atoms with E-state index in [1.165, 1.54) is 5.56 Å². The molecule has 0 aliphatic carbocycles. The lowest BCUT2D eigenvalue weighted by Crippen LogP contribution is -2.32. The number of likely N-dealkylation sites (tertiary alicyclic amines) is 1. The molecule has 1 heterocycles. The van der Waals surface area contributed by atoms with Gasteiger partial charge in [0.15, 0.2) is 0 Å². The second kappa shape index (κ2) is 7.59. The summed E-state index contributed by atoms with van der Waals surface area (Å²) in [7, 11) is 0. The molecular formula is C18H26N2O3. The Hall–Kier alpha value is -1.88. The largest absolute Gasteiger partial charge is 0.481 e. The van der Waals surface area contributed by atoms with Crippen molar-refractivity contribution in [1.29, 1.82) is 0 Å². The molecule has 1 aromatic carbocycles. The van der Waals surface area contributed by atoms with Crippen molar-refractivity contribution in [3.05, 3.63) is 29.8 Å². The van der Waals surface area contributed by atoms with Crippen LogP contribution in [0.25, 0.3) is 0 Å². The highest BCUT2D eigenvalue weighted by atomic mass is 16.4. The number of carbonyl (C=O) groups excluding carboxylic acids is 1. The van der Waals surface area contributed by atoms with E-state index >= 15 is 0 Å². The van der Waals surface area contributed by atoms with Crippen LogP contribution in [-0.2, 0) is 9.59 Å². The van der Waals surface area contributed by atoms with E-state index in [4.69, 9.17) is 5.11 Å². The monoisotopic (exact) mass is 318 g/mol. The Labute approximate surface area is 137 Å². The normalized spacial score (nSPS) is 22.7. The number of nitrogens with zero attached hydrogens (tertiary/aromatic N) is 1. The van der Waals surface area contributed by atoms with Crippen molar-refractivity contribution < 1.29 is 14.7 Å². The molecule has 3 atom stereocenters. The average molecular weight is 318 g/mol. The Morgan fingerprint density at radius 2 is 1.96 bits per heavy atom. The van der Waals surface area contributed by atoms with Crippen LogP contribution >= 0.6 is 0 Å². The molecule has 2 N–H and O–H groups in total. The molecule has 2 rings (SSSR count). The van der Waals surface area contributed by atoms with E-state index in [-0.39, 0.29) is 24.3 Å². The SMILES string of the molecule is CCC(C)c1ccc(NC(=O)CN2C[C@@H](C)[C@H](C(=O)O)C2)cc1. The second-order valence-electron chi connectivity index (χ2n) is 6.60. The number of amides is 1. The Kier molecular flexibility index (Phi) is 5.77. The summed E-state index contributed by atoms with van der Waals surface area (Å²) in [6.45, 7) is 7.59. The molecule has 126 valence electrons. The smallest absolute Gasteiger partial charge is 0.308 e. The molecule has 23 heavy (non-hydrogen) atoms. The predicted molar refractivity (Wildman–Crippen MR) is 90.5 cm³/mol. The van der Waals surface area contributed by atoms with Gasteiger partial charge < -0.3 is 10.4 Å². The standard InChI is InChI=1S/C18H26N2O3/c1-4-12(2)14-5-7-15(8-6-14)19-17(21)11-20-9-13(3)16(10-20)18(22)23/h5-8,12-13,16H,4,9-11H2,1-3H3,(H,19,21)(H,22,23)/t12?,13-,16-/m1/s1. The number of anilines is 1. The van der Waals surface area contributed by atoms with E-state index in [9.17, 15) is 9.59 Å². The van der Waals surface area contributed by atoms with Gasteiger partial charge in [0.05, 0.1) is 12.5 Å². The van der Waals surface area contributed by atoms with Crippen molar-refractivity contribution in [1.82, 2.24) is 4.90 Å². The van der Waals surface area contributed by atoms with Crippen molar-refractivity contribution in [3.63, 3.8) is 0 Å². The fourth-order valence-electron chi connectivity index (χ4n) is 3.05. The molecule has 5 heteroatoms. The lowest BCUT2D eigenvalue weighted by atomic mass is 9.99. The third kappa shape index (κ3) is 4.55. The number of hydrogen-bond acceptors (Lipinski definition) is 3. The molecule has 1 fully saturated rings. The number of benzene rings is 1. The van der Waals surface area contributed by atoms with Crippen molar-refractivity contribution in [3.8, 4) is 0 Å². The quantitative estimate of drug-likeness (QED) is 0.846. The Morgan fingerprint density at radius 3 is 2.48 bits per heavy atom. The second-order valence-corrected chi connectivity index (χ2v) is 6.60. The summed E-state index contributed by atoms with van der Waals surface area (Å²) < 4.78 is 0. The van der Waals surface area contributed by atoms with E-state index in [0.717, 1.165) is 12.1 Å². The van der Waals surface area contributed by atoms with E-state index in [2.05, 4.69) is 19.2 Å². The van der Waals surface area contributed by atoms with Crippen LogP contribution in [0.2, 0.25) is 0 Å². The van der Waals surface area contributed by atoms with Gasteiger partial charge in [-0.15, -0.1) is 0 Å². The molecule has 1 aromatic rings. The predicted octanol–water partition coefficient (Wildman–Crippen LogP) is 2.79. The Balaban J connectivity index is 1.87. The van der Waals surface area contributed by atoms with Gasteiger partial charge in [-0.2, -0.15) is 0 Å². The van der Waals surface area contributed by atoms with Gasteiger partial charge in [-0.3, -0.25) is 14.5 Å². The Morgan fingerprint density at radius 1 is 1.30 bits per heavy atom. The summed E-state index contributed by atoms with van der Waals surface area (Å²) in [5, 5.41) is 12.0. The number of carboxylic acids is 1. The van der Waals surface area contributed by atoms with Crippen molar-refractivity contribution in [2.45, 2.75) is 33.1 Å². The molecule has 5 nitrogen and oxygen atoms in total. The van der Waals surface area contributed by atoms with Gasteiger partial charge >= 0.3 is 5.97 Å². The van der Waals surface area contributed by atoms with Crippen LogP contribution in [0.4, 0.5) is 5.69 Å². The maximum atomic E-state index is 12.1. The number of hydrogen-bond donors (Lipinski definition) is 2. The zero-order chi connectivity index (χ0) is 17.0. The molecule has 0 radical (unpaired) electrons. The van der Waals surface area contributed by atoms with Gasteiger partial charge in [-0.1, -0.05) is 32.9 Å². The lowest BCUT2D eigenvalue weighted by molar-refractivity contribution is -0.142. The maximum absolute atomic E-state index is 12.1. The van der Waals surface area contributed by atoms with Gasteiger partial charge in [0.1, 0.15) is 0 Å². The minimum atomic E-state index is -0.777. The number of rotatable bonds is 6. The van der Waals surface area contributed by atoms with Crippen LogP contribution in [0.3, 0.4) is 0 Å². The molecular weight excluding hydrogens is 292 g/mol. The minimum Gasteiger partial charge on any atom is -0.481 e. The zero-order valence-electron chi connectivity index (χ0n) is 14.1. The van der Waals surface area contributed by atoms with Crippen molar-refractivity contribution >= 4 is 17.6 Å². The first-order valence-electron chi connectivity index (χ1n) is 8.25. The number of carbonyl (C=O) groups is 2. The Bertz CT molecular complexity index is 556. The fourth-order valence-corrected chi connectivity index (χ4v) is 3.05. The van der Waals surface area contributed by atoms with Crippen LogP contribution in [0, 0.1) is 11.8 Å². The highest BCUT2D eigenvalue weighted by Gasteiger charge is 2.35. The maximum Gasteiger partial charge on any atom is 0.308 e. The van der Waals surface area contributed by atoms with Crippen LogP contribution in [0.15, 0.2) is 24.3 Å². The third-order valence-corrected chi connectivity index (χ3v) is 4.75. The molecule has 1 saturated heterocycles. The average Bonchev–Trinajstić information content (AvgIpc) is 2.87. The first-order valence-corrected chi connectivity index (χ1v) is 8.25. The molecule has 0 aromatic heterocycles. The molecule has 1 unspecified atom stereocenters. The highest BCUT2D eigenvalue weighted by molar-refractivity contribution is 5.92. The number of carboxylic acid groups (broad SMARTS) is 1. The van der Waals surface area contributed by atoms with Gasteiger partial charge in [0.2, 0.25) is 5.91 Å². The van der Waals surface area contributed by atoms with Crippen LogP contribution in [0.5, 0.6) is 0 Å². The summed E-state index contributed by atoms with van der Waals surface area (Å²) in [4.78, 5) is 25.2. The first-order chi connectivity index (χ1) is 10.9. The molecule has 1 aliphatic heterocycles. The van der Waals surface area contributed by atoms with Crippen LogP contribution in [-0.4, -0.2) is 41.5 Å². The van der Waals surface area contributed by atoms with Crippen molar-refractivity contribution in [2.24, 2.45) is 11.8 Å². The summed E-state index contributed by atoms with van der Waals surface area (Å²) in [6.07, 6.45) is 1.09. The summed E-state index contributed by atoms with van der Waals surface area (Å²) >= 11 is 0. The summed E-state index contributed by atoms with van der Waals surface area (Å²) in [5.41, 5.74) is 2.05. The first kappa shape index (κ1) is 17.5. The number of aliphatic carboxylic acids is 1. The fraction of sp³-hybridized carbons (Fsp3) is 0.556. The van der Waals surface area contributed by atoms with E-state index in [1.807, 2.05) is 36.1 Å². The van der Waals surface area contributed by atoms with Gasteiger partial charge in [0, 0.05) is 18.8 Å². The van der Waals surface area contributed by atoms with Gasteiger partial charge in [-0.25, -0.2) is 0 Å². The van der Waals surface area contributed by atoms with Crippen LogP contribution < -0.4 is 5.32 Å².